The van der Waals surface area contributed by atoms with E-state index in [0.29, 0.717) is 0 Å². The Bertz CT molecular complexity index is 3390. The summed E-state index contributed by atoms with van der Waals surface area (Å²) >= 11 is 0. The van der Waals surface area contributed by atoms with Crippen molar-refractivity contribution in [2.45, 2.75) is 52.4 Å². The molecule has 0 saturated heterocycles. The van der Waals surface area contributed by atoms with E-state index in [1.54, 1.807) is 0 Å². The number of aromatic nitrogens is 4. The summed E-state index contributed by atoms with van der Waals surface area (Å²) in [5.41, 5.74) is 14.3. The molecular weight excluding hydrogens is 818 g/mol. The first-order valence-corrected chi connectivity index (χ1v) is 23.2. The molecule has 0 saturated carbocycles. The molecule has 0 atom stereocenters. The Balaban J connectivity index is 1.10. The van der Waals surface area contributed by atoms with Gasteiger partial charge in [-0.05, 0) is 111 Å². The summed E-state index contributed by atoms with van der Waals surface area (Å²) in [6, 6.07) is 65.3. The van der Waals surface area contributed by atoms with Crippen molar-refractivity contribution in [1.82, 2.24) is 19.5 Å². The fourth-order valence-electron chi connectivity index (χ4n) is 10.2. The molecule has 0 amide bonds. The molecule has 0 spiro atoms. The number of rotatable bonds is 6. The number of para-hydroxylation sites is 4. The summed E-state index contributed by atoms with van der Waals surface area (Å²) in [6.45, 7) is 13.4. The molecule has 2 aliphatic rings. The molecule has 10 aromatic rings. The van der Waals surface area contributed by atoms with Crippen LogP contribution in [0.15, 0.2) is 194 Å². The molecule has 7 nitrogen and oxygen atoms in total. The van der Waals surface area contributed by atoms with Gasteiger partial charge in [0.05, 0.1) is 34.8 Å². The number of benzene rings is 6. The monoisotopic (exact) mass is 867 g/mol. The summed E-state index contributed by atoms with van der Waals surface area (Å²) in [4.78, 5) is 23.4. The van der Waals surface area contributed by atoms with Crippen LogP contribution in [0.3, 0.4) is 0 Å². The number of hydrogen-bond acceptors (Lipinski definition) is 6. The lowest BCUT2D eigenvalue weighted by Crippen LogP contribution is -2.62. The van der Waals surface area contributed by atoms with Crippen molar-refractivity contribution in [3.05, 3.63) is 206 Å². The van der Waals surface area contributed by atoms with Crippen LogP contribution in [0.2, 0.25) is 0 Å². The maximum atomic E-state index is 5.78. The lowest BCUT2D eigenvalue weighted by atomic mass is 9.34. The Hall–Kier alpha value is -7.97. The van der Waals surface area contributed by atoms with Crippen LogP contribution in [0, 0.1) is 0 Å². The Kier molecular flexibility index (Phi) is 9.26. The van der Waals surface area contributed by atoms with Crippen molar-refractivity contribution in [3.8, 4) is 5.82 Å². The number of fused-ring (bicyclic) bond motifs is 7. The standard InChI is InChI=1S/C59H50BN7/c1-58(2,3)39-25-29-43(30-26-39)64(44-31-27-40(28-32-44)59(4,5)6)53-35-33-47-56(62-53)65(41-17-9-7-10-18-41)51-37-61-38-52-55(51)60(47)48-34-36-54(63-57(48)66(52)42-19-11-8-12-20-42)67-49-23-15-13-21-45(49)46-22-14-16-24-50(46)67/h7-38H,1-6H3. The number of pyridine rings is 3. The van der Waals surface area contributed by atoms with E-state index in [1.807, 2.05) is 12.4 Å². The van der Waals surface area contributed by atoms with E-state index in [0.717, 1.165) is 84.8 Å². The Morgan fingerprint density at radius 3 is 1.39 bits per heavy atom. The fraction of sp³-hybridized carbons (Fsp3) is 0.136. The zero-order valence-corrected chi connectivity index (χ0v) is 38.7. The molecule has 8 heteroatoms. The minimum absolute atomic E-state index is 0.0176. The second-order valence-electron chi connectivity index (χ2n) is 19.8. The maximum Gasteiger partial charge on any atom is 0.256 e. The first-order valence-electron chi connectivity index (χ1n) is 23.2. The summed E-state index contributed by atoms with van der Waals surface area (Å²) in [6.07, 6.45) is 4.02. The van der Waals surface area contributed by atoms with Crippen molar-refractivity contribution in [2.75, 3.05) is 14.7 Å². The van der Waals surface area contributed by atoms with Crippen LogP contribution in [0.4, 0.5) is 51.6 Å². The third kappa shape index (κ3) is 6.61. The molecule has 0 N–H and O–H groups in total. The van der Waals surface area contributed by atoms with E-state index >= 15 is 0 Å². The van der Waals surface area contributed by atoms with Crippen LogP contribution in [0.1, 0.15) is 52.7 Å². The Morgan fingerprint density at radius 1 is 0.448 bits per heavy atom. The van der Waals surface area contributed by atoms with Gasteiger partial charge in [0.25, 0.3) is 6.71 Å². The molecule has 0 radical (unpaired) electrons. The van der Waals surface area contributed by atoms with Gasteiger partial charge in [-0.15, -0.1) is 0 Å². The van der Waals surface area contributed by atoms with Crippen molar-refractivity contribution in [3.63, 3.8) is 0 Å². The van der Waals surface area contributed by atoms with Gasteiger partial charge in [-0.2, -0.15) is 0 Å². The number of nitrogens with zero attached hydrogens (tertiary/aromatic N) is 7. The van der Waals surface area contributed by atoms with Crippen LogP contribution in [0.25, 0.3) is 27.6 Å². The van der Waals surface area contributed by atoms with E-state index in [9.17, 15) is 0 Å². The highest BCUT2D eigenvalue weighted by molar-refractivity contribution is 7.00. The molecule has 12 rings (SSSR count). The highest BCUT2D eigenvalue weighted by atomic mass is 15.3. The zero-order valence-electron chi connectivity index (χ0n) is 38.7. The quantitative estimate of drug-likeness (QED) is 0.155. The summed E-state index contributed by atoms with van der Waals surface area (Å²) in [5, 5.41) is 2.40. The minimum atomic E-state index is -0.190. The van der Waals surface area contributed by atoms with Crippen molar-refractivity contribution < 1.29 is 0 Å². The van der Waals surface area contributed by atoms with Gasteiger partial charge in [0.15, 0.2) is 0 Å². The second-order valence-corrected chi connectivity index (χ2v) is 19.8. The molecule has 324 valence electrons. The normalized spacial score (nSPS) is 13.1. The predicted octanol–water partition coefficient (Wildman–Crippen LogP) is 13.1. The topological polar surface area (TPSA) is 53.3 Å². The molecule has 67 heavy (non-hydrogen) atoms. The zero-order chi connectivity index (χ0) is 45.6. The average Bonchev–Trinajstić information content (AvgIpc) is 3.68. The van der Waals surface area contributed by atoms with Crippen molar-refractivity contribution in [1.29, 1.82) is 0 Å². The molecule has 2 aliphatic heterocycles. The molecule has 4 aromatic heterocycles. The maximum absolute atomic E-state index is 5.78. The summed E-state index contributed by atoms with van der Waals surface area (Å²) in [7, 11) is 0. The van der Waals surface area contributed by atoms with Crippen LogP contribution in [-0.2, 0) is 10.8 Å². The van der Waals surface area contributed by atoms with Crippen LogP contribution < -0.4 is 31.1 Å². The molecular formula is C59H50BN7. The fourth-order valence-corrected chi connectivity index (χ4v) is 10.2. The van der Waals surface area contributed by atoms with Crippen molar-refractivity contribution in [2.24, 2.45) is 0 Å². The van der Waals surface area contributed by atoms with Gasteiger partial charge in [0.2, 0.25) is 0 Å². The van der Waals surface area contributed by atoms with Gasteiger partial charge in [-0.25, -0.2) is 9.97 Å². The van der Waals surface area contributed by atoms with Gasteiger partial charge in [-0.1, -0.05) is 151 Å². The largest absolute Gasteiger partial charge is 0.295 e. The molecule has 0 unspecified atom stereocenters. The lowest BCUT2D eigenvalue weighted by Gasteiger charge is -2.42. The van der Waals surface area contributed by atoms with Gasteiger partial charge < -0.3 is 0 Å². The SMILES string of the molecule is CC(C)(C)c1ccc(N(c2ccc(C(C)(C)C)cc2)c2ccc3c(n2)N(c2ccccc2)c2cncc4c2B3c2ccc(-n3c5ccccc5c5ccccc53)nc2N4c2ccccc2)cc1. The Labute approximate surface area is 392 Å². The van der Waals surface area contributed by atoms with Crippen LogP contribution in [0.5, 0.6) is 0 Å². The van der Waals surface area contributed by atoms with E-state index < -0.39 is 0 Å². The highest BCUT2D eigenvalue weighted by Crippen LogP contribution is 2.45. The molecule has 6 aromatic carbocycles. The van der Waals surface area contributed by atoms with Crippen molar-refractivity contribution >= 4 is 96.5 Å². The lowest BCUT2D eigenvalue weighted by molar-refractivity contribution is 0.590. The first-order chi connectivity index (χ1) is 32.5. The van der Waals surface area contributed by atoms with Gasteiger partial charge in [0, 0.05) is 33.5 Å². The van der Waals surface area contributed by atoms with E-state index in [-0.39, 0.29) is 17.5 Å². The number of anilines is 9. The molecule has 0 fully saturated rings. The second kappa shape index (κ2) is 15.3. The molecule has 0 bridgehead atoms. The predicted molar refractivity (Wildman–Crippen MR) is 280 cm³/mol. The van der Waals surface area contributed by atoms with Gasteiger partial charge in [0.1, 0.15) is 23.3 Å². The Morgan fingerprint density at radius 2 is 0.896 bits per heavy atom. The number of hydrogen-bond donors (Lipinski definition) is 0. The van der Waals surface area contributed by atoms with E-state index in [1.165, 1.54) is 21.9 Å². The van der Waals surface area contributed by atoms with Crippen LogP contribution >= 0.6 is 0 Å². The van der Waals surface area contributed by atoms with Gasteiger partial charge >= 0.3 is 0 Å². The van der Waals surface area contributed by atoms with Gasteiger partial charge in [-0.3, -0.25) is 24.3 Å². The van der Waals surface area contributed by atoms with E-state index in [2.05, 4.69) is 243 Å². The summed E-state index contributed by atoms with van der Waals surface area (Å²) < 4.78 is 2.30. The van der Waals surface area contributed by atoms with Crippen LogP contribution in [-0.4, -0.2) is 26.2 Å². The minimum Gasteiger partial charge on any atom is -0.295 e. The van der Waals surface area contributed by atoms with E-state index in [4.69, 9.17) is 15.0 Å². The summed E-state index contributed by atoms with van der Waals surface area (Å²) in [5.74, 6) is 3.39. The molecule has 6 heterocycles. The highest BCUT2D eigenvalue weighted by Gasteiger charge is 2.45. The molecule has 0 aliphatic carbocycles. The third-order valence-electron chi connectivity index (χ3n) is 13.6. The smallest absolute Gasteiger partial charge is 0.256 e. The average molecular weight is 868 g/mol. The first kappa shape index (κ1) is 40.5. The third-order valence-corrected chi connectivity index (χ3v) is 13.6.